The van der Waals surface area contributed by atoms with E-state index in [4.69, 9.17) is 10.6 Å². The zero-order valence-electron chi connectivity index (χ0n) is 18.2. The normalized spacial score (nSPS) is 20.0. The van der Waals surface area contributed by atoms with Gasteiger partial charge in [-0.25, -0.2) is 4.98 Å². The molecule has 14 heteroatoms. The lowest BCUT2D eigenvalue weighted by molar-refractivity contribution is -0.687. The Bertz CT molecular complexity index is 1410. The van der Waals surface area contributed by atoms with Crippen molar-refractivity contribution in [3.63, 3.8) is 0 Å². The number of anilines is 1. The molecule has 3 N–H and O–H groups in total. The van der Waals surface area contributed by atoms with Crippen molar-refractivity contribution < 1.29 is 28.9 Å². The SMILES string of the molecule is CON=C(C(=O)NC1C(=O)N2C(C(=O)[O-])=C(C[n+]3ccc4ccsc4c3)CS[C@H]12)c1csc(N)n1. The molecule has 0 radical (unpaired) electrons. The van der Waals surface area contributed by atoms with E-state index in [0.717, 1.165) is 21.4 Å². The van der Waals surface area contributed by atoms with Crippen molar-refractivity contribution >= 4 is 73.1 Å². The molecule has 5 rings (SSSR count). The number of hydrogen-bond donors (Lipinski definition) is 2. The Morgan fingerprint density at radius 2 is 2.23 bits per heavy atom. The fourth-order valence-electron chi connectivity index (χ4n) is 3.96. The van der Waals surface area contributed by atoms with Crippen LogP contribution in [0.25, 0.3) is 10.1 Å². The largest absolute Gasteiger partial charge is 0.543 e. The number of amides is 2. The molecule has 1 unspecified atom stereocenters. The predicted molar refractivity (Wildman–Crippen MR) is 129 cm³/mol. The molecule has 11 nitrogen and oxygen atoms in total. The van der Waals surface area contributed by atoms with Crippen LogP contribution in [0.1, 0.15) is 5.69 Å². The number of aliphatic carboxylic acids is 1. The number of thioether (sulfide) groups is 1. The molecule has 0 spiro atoms. The fourth-order valence-corrected chi connectivity index (χ4v) is 6.67. The molecule has 2 amide bonds. The molecular weight excluding hydrogens is 512 g/mol. The first-order chi connectivity index (χ1) is 16.9. The molecule has 2 aliphatic heterocycles. The number of pyridine rings is 1. The zero-order valence-corrected chi connectivity index (χ0v) is 20.6. The van der Waals surface area contributed by atoms with Gasteiger partial charge in [0, 0.05) is 28.2 Å². The highest BCUT2D eigenvalue weighted by Gasteiger charge is 2.53. The summed E-state index contributed by atoms with van der Waals surface area (Å²) >= 11 is 4.09. The Labute approximate surface area is 210 Å². The molecule has 35 heavy (non-hydrogen) atoms. The Balaban J connectivity index is 1.36. The number of nitrogen functional groups attached to an aromatic ring is 1. The molecular formula is C21H18N6O5S3. The molecule has 3 aromatic heterocycles. The van der Waals surface area contributed by atoms with Crippen LogP contribution >= 0.6 is 34.4 Å². The Hall–Kier alpha value is -3.49. The van der Waals surface area contributed by atoms with Crippen molar-refractivity contribution in [2.45, 2.75) is 18.0 Å². The Morgan fingerprint density at radius 1 is 1.40 bits per heavy atom. The number of rotatable bonds is 7. The van der Waals surface area contributed by atoms with Crippen LogP contribution in [0.3, 0.4) is 0 Å². The van der Waals surface area contributed by atoms with Crippen LogP contribution in [-0.2, 0) is 25.8 Å². The number of thiazole rings is 1. The third-order valence-corrected chi connectivity index (χ3v) is 8.40. The number of thiophene rings is 1. The summed E-state index contributed by atoms with van der Waals surface area (Å²) in [5.41, 5.74) is 6.13. The van der Waals surface area contributed by atoms with Crippen LogP contribution in [0.4, 0.5) is 5.13 Å². The van der Waals surface area contributed by atoms with Gasteiger partial charge in [0.25, 0.3) is 11.8 Å². The second-order valence-corrected chi connectivity index (χ2v) is 10.6. The summed E-state index contributed by atoms with van der Waals surface area (Å²) in [5, 5.41) is 22.7. The van der Waals surface area contributed by atoms with Crippen LogP contribution in [0.15, 0.2) is 51.7 Å². The van der Waals surface area contributed by atoms with Gasteiger partial charge in [-0.1, -0.05) is 5.16 Å². The first-order valence-corrected chi connectivity index (χ1v) is 13.1. The van der Waals surface area contributed by atoms with Gasteiger partial charge in [0.1, 0.15) is 24.2 Å². The summed E-state index contributed by atoms with van der Waals surface area (Å²) in [5.74, 6) is -2.29. The summed E-state index contributed by atoms with van der Waals surface area (Å²) < 4.78 is 2.96. The number of oxime groups is 1. The number of nitrogens with zero attached hydrogens (tertiary/aromatic N) is 4. The molecule has 1 fully saturated rings. The van der Waals surface area contributed by atoms with E-state index in [1.54, 1.807) is 16.7 Å². The van der Waals surface area contributed by atoms with Crippen LogP contribution in [0.5, 0.6) is 0 Å². The number of carbonyl (C=O) groups excluding carboxylic acids is 3. The van der Waals surface area contributed by atoms with Crippen molar-refractivity contribution in [2.24, 2.45) is 5.16 Å². The van der Waals surface area contributed by atoms with E-state index in [-0.39, 0.29) is 22.2 Å². The van der Waals surface area contributed by atoms with E-state index in [2.05, 4.69) is 15.5 Å². The highest BCUT2D eigenvalue weighted by molar-refractivity contribution is 8.00. The van der Waals surface area contributed by atoms with Gasteiger partial charge in [0.15, 0.2) is 29.8 Å². The number of carbonyl (C=O) groups is 3. The third kappa shape index (κ3) is 4.24. The topological polar surface area (TPSA) is 154 Å². The predicted octanol–water partition coefficient (Wildman–Crippen LogP) is -0.318. The van der Waals surface area contributed by atoms with Crippen molar-refractivity contribution in [1.29, 1.82) is 0 Å². The van der Waals surface area contributed by atoms with Crippen LogP contribution in [0, 0.1) is 0 Å². The number of nitrogens with two attached hydrogens (primary N) is 1. The second kappa shape index (κ2) is 9.28. The van der Waals surface area contributed by atoms with E-state index in [9.17, 15) is 19.5 Å². The molecule has 1 saturated heterocycles. The fraction of sp³-hybridized carbons (Fsp3) is 0.238. The van der Waals surface area contributed by atoms with Crippen molar-refractivity contribution in [3.05, 3.63) is 52.3 Å². The average Bonchev–Trinajstić information content (AvgIpc) is 3.48. The van der Waals surface area contributed by atoms with Crippen molar-refractivity contribution in [2.75, 3.05) is 18.6 Å². The molecule has 2 atom stereocenters. The molecule has 5 heterocycles. The standard InChI is InChI=1S/C21H18N6O5S3/c1-32-25-14(12-9-35-21(22)23-12)17(28)24-15-18(29)27-16(20(30)31)11(8-34-19(15)27)6-26-4-2-10-3-5-33-13(10)7-26/h2-5,7,9,15,19H,6,8H2,1H3,(H3-,22,23,24,28,30,31)/t15?,19-/m1/s1. The van der Waals surface area contributed by atoms with Gasteiger partial charge in [-0.2, -0.15) is 4.57 Å². The van der Waals surface area contributed by atoms with E-state index in [0.29, 0.717) is 17.9 Å². The van der Waals surface area contributed by atoms with Gasteiger partial charge in [-0.15, -0.1) is 34.4 Å². The maximum absolute atomic E-state index is 13.0. The van der Waals surface area contributed by atoms with Gasteiger partial charge in [-0.3, -0.25) is 14.5 Å². The highest BCUT2D eigenvalue weighted by atomic mass is 32.2. The maximum atomic E-state index is 13.0. The lowest BCUT2D eigenvalue weighted by Crippen LogP contribution is -2.71. The number of aromatic nitrogens is 2. The third-order valence-electron chi connectivity index (χ3n) is 5.52. The van der Waals surface area contributed by atoms with Crippen LogP contribution in [-0.4, -0.2) is 57.7 Å². The monoisotopic (exact) mass is 530 g/mol. The number of carboxylic acids is 1. The number of hydrogen-bond acceptors (Lipinski definition) is 11. The summed E-state index contributed by atoms with van der Waals surface area (Å²) in [6.07, 6.45) is 3.81. The Morgan fingerprint density at radius 3 is 2.94 bits per heavy atom. The molecule has 0 aromatic carbocycles. The minimum Gasteiger partial charge on any atom is -0.543 e. The van der Waals surface area contributed by atoms with Gasteiger partial charge in [-0.05, 0) is 11.4 Å². The first kappa shape index (κ1) is 23.3. The van der Waals surface area contributed by atoms with Gasteiger partial charge in [0.2, 0.25) is 0 Å². The van der Waals surface area contributed by atoms with Crippen LogP contribution < -0.4 is 20.7 Å². The number of β-lactam (4-membered cyclic amide) rings is 1. The average molecular weight is 531 g/mol. The lowest BCUT2D eigenvalue weighted by Gasteiger charge is -2.50. The minimum absolute atomic E-state index is 0.135. The van der Waals surface area contributed by atoms with E-state index in [1.165, 1.54) is 23.8 Å². The zero-order chi connectivity index (χ0) is 24.7. The number of fused-ring (bicyclic) bond motifs is 2. The molecule has 2 aliphatic rings. The molecule has 0 bridgehead atoms. The highest BCUT2D eigenvalue weighted by Crippen LogP contribution is 2.40. The van der Waals surface area contributed by atoms with E-state index < -0.39 is 29.2 Å². The summed E-state index contributed by atoms with van der Waals surface area (Å²) in [6, 6.07) is 3.03. The molecule has 0 aliphatic carbocycles. The summed E-state index contributed by atoms with van der Waals surface area (Å²) in [4.78, 5) is 47.8. The van der Waals surface area contributed by atoms with E-state index in [1.807, 2.05) is 34.5 Å². The summed E-state index contributed by atoms with van der Waals surface area (Å²) in [6.45, 7) is 0.299. The quantitative estimate of drug-likeness (QED) is 0.182. The van der Waals surface area contributed by atoms with Crippen molar-refractivity contribution in [3.8, 4) is 0 Å². The molecule has 3 aromatic rings. The van der Waals surface area contributed by atoms with Gasteiger partial charge >= 0.3 is 0 Å². The summed E-state index contributed by atoms with van der Waals surface area (Å²) in [7, 11) is 1.28. The first-order valence-electron chi connectivity index (χ1n) is 10.2. The Kier molecular flexibility index (Phi) is 6.17. The van der Waals surface area contributed by atoms with Crippen LogP contribution in [0.2, 0.25) is 0 Å². The van der Waals surface area contributed by atoms with Gasteiger partial charge < -0.3 is 25.8 Å². The second-order valence-electron chi connectivity index (χ2n) is 7.65. The van der Waals surface area contributed by atoms with Gasteiger partial charge in [0.05, 0.1) is 16.4 Å². The number of nitrogens with one attached hydrogen (secondary N) is 1. The van der Waals surface area contributed by atoms with Crippen molar-refractivity contribution in [1.82, 2.24) is 15.2 Å². The smallest absolute Gasteiger partial charge is 0.276 e. The molecule has 0 saturated carbocycles. The van der Waals surface area contributed by atoms with E-state index >= 15 is 0 Å². The number of carboxylic acid groups (broad SMARTS) is 1. The lowest BCUT2D eigenvalue weighted by atomic mass is 10.0. The minimum atomic E-state index is -1.43. The molecule has 180 valence electrons. The maximum Gasteiger partial charge on any atom is 0.276 e.